The zero-order valence-corrected chi connectivity index (χ0v) is 17.1. The van der Waals surface area contributed by atoms with Gasteiger partial charge >= 0.3 is 0 Å². The van der Waals surface area contributed by atoms with Crippen LogP contribution in [0.1, 0.15) is 13.8 Å². The van der Waals surface area contributed by atoms with Gasteiger partial charge in [-0.3, -0.25) is 14.2 Å². The highest BCUT2D eigenvalue weighted by Crippen LogP contribution is 2.26. The van der Waals surface area contributed by atoms with Gasteiger partial charge in [-0.1, -0.05) is 60.3 Å². The third-order valence-corrected chi connectivity index (χ3v) is 5.93. The molecule has 0 aliphatic heterocycles. The van der Waals surface area contributed by atoms with E-state index >= 15 is 0 Å². The smallest absolute Gasteiger partial charge is 0.262 e. The first-order chi connectivity index (χ1) is 14.1. The summed E-state index contributed by atoms with van der Waals surface area (Å²) >= 11 is 1.30. The van der Waals surface area contributed by atoms with Crippen molar-refractivity contribution in [2.45, 2.75) is 30.8 Å². The normalized spacial score (nSPS) is 12.2. The number of thioether (sulfide) groups is 1. The number of nitrogens with zero attached hydrogens (tertiary/aromatic N) is 2. The summed E-state index contributed by atoms with van der Waals surface area (Å²) in [5.74, 6) is -0.128. The van der Waals surface area contributed by atoms with E-state index in [0.29, 0.717) is 22.6 Å². The number of carbonyl (C=O) groups is 1. The average molecular weight is 404 g/mol. The Labute approximate surface area is 172 Å². The Kier molecular flexibility index (Phi) is 5.36. The van der Waals surface area contributed by atoms with Gasteiger partial charge in [-0.05, 0) is 37.4 Å². The van der Waals surface area contributed by atoms with Gasteiger partial charge in [0.2, 0.25) is 5.91 Å². The first kappa shape index (κ1) is 19.2. The molecule has 4 rings (SSSR count). The molecule has 0 saturated heterocycles. The van der Waals surface area contributed by atoms with Crippen molar-refractivity contribution >= 4 is 45.0 Å². The predicted octanol–water partition coefficient (Wildman–Crippen LogP) is 4.69. The van der Waals surface area contributed by atoms with Crippen LogP contribution in [0.3, 0.4) is 0 Å². The Bertz CT molecular complexity index is 1260. The molecule has 6 heteroatoms. The molecule has 5 nitrogen and oxygen atoms in total. The summed E-state index contributed by atoms with van der Waals surface area (Å²) in [4.78, 5) is 30.3. The van der Waals surface area contributed by atoms with Gasteiger partial charge in [0.15, 0.2) is 5.16 Å². The van der Waals surface area contributed by atoms with Crippen molar-refractivity contribution in [3.05, 3.63) is 77.1 Å². The molecule has 1 amide bonds. The molecule has 3 aromatic carbocycles. The number of hydrogen-bond acceptors (Lipinski definition) is 4. The molecule has 0 radical (unpaired) electrons. The van der Waals surface area contributed by atoms with Crippen molar-refractivity contribution in [2.75, 3.05) is 5.32 Å². The van der Waals surface area contributed by atoms with Crippen LogP contribution in [0, 0.1) is 0 Å². The van der Waals surface area contributed by atoms with E-state index in [4.69, 9.17) is 0 Å². The minimum atomic E-state index is -0.417. The van der Waals surface area contributed by atoms with Crippen LogP contribution in [-0.2, 0) is 11.3 Å². The van der Waals surface area contributed by atoms with E-state index in [9.17, 15) is 9.59 Å². The lowest BCUT2D eigenvalue weighted by Crippen LogP contribution is -2.26. The Morgan fingerprint density at radius 2 is 1.72 bits per heavy atom. The van der Waals surface area contributed by atoms with Gasteiger partial charge in [0, 0.05) is 17.6 Å². The van der Waals surface area contributed by atoms with E-state index in [1.165, 1.54) is 11.8 Å². The quantitative estimate of drug-likeness (QED) is 0.388. The summed E-state index contributed by atoms with van der Waals surface area (Å²) in [6, 6.07) is 21.1. The molecule has 1 atom stereocenters. The zero-order chi connectivity index (χ0) is 20.4. The second-order valence-electron chi connectivity index (χ2n) is 6.74. The fourth-order valence-corrected chi connectivity index (χ4v) is 4.27. The monoisotopic (exact) mass is 403 g/mol. The average Bonchev–Trinajstić information content (AvgIpc) is 2.74. The number of benzene rings is 3. The standard InChI is InChI=1S/C23H21N3O2S/c1-3-26-22(28)18-12-6-7-13-20(18)25-23(26)29-15(2)21(27)24-19-14-8-10-16-9-4-5-11-17(16)19/h4-15H,3H2,1-2H3,(H,24,27). The molecule has 29 heavy (non-hydrogen) atoms. The first-order valence-corrected chi connectivity index (χ1v) is 10.4. The minimum absolute atomic E-state index is 0.0812. The Balaban J connectivity index is 1.61. The van der Waals surface area contributed by atoms with Crippen LogP contribution in [0.25, 0.3) is 21.7 Å². The van der Waals surface area contributed by atoms with Crippen LogP contribution in [0.15, 0.2) is 76.7 Å². The summed E-state index contributed by atoms with van der Waals surface area (Å²) in [5, 5.41) is 5.81. The first-order valence-electron chi connectivity index (χ1n) is 9.53. The molecule has 1 N–H and O–H groups in total. The van der Waals surface area contributed by atoms with Crippen molar-refractivity contribution in [1.29, 1.82) is 0 Å². The molecular weight excluding hydrogens is 382 g/mol. The van der Waals surface area contributed by atoms with E-state index in [2.05, 4.69) is 10.3 Å². The second kappa shape index (κ2) is 8.09. The summed E-state index contributed by atoms with van der Waals surface area (Å²) in [6.07, 6.45) is 0. The lowest BCUT2D eigenvalue weighted by atomic mass is 10.1. The van der Waals surface area contributed by atoms with Crippen LogP contribution < -0.4 is 10.9 Å². The topological polar surface area (TPSA) is 64.0 Å². The van der Waals surface area contributed by atoms with Gasteiger partial charge in [-0.15, -0.1) is 0 Å². The maximum absolute atomic E-state index is 12.9. The number of anilines is 1. The maximum Gasteiger partial charge on any atom is 0.262 e. The molecule has 0 bridgehead atoms. The van der Waals surface area contributed by atoms with E-state index in [1.54, 1.807) is 10.6 Å². The largest absolute Gasteiger partial charge is 0.325 e. The molecule has 146 valence electrons. The summed E-state index contributed by atoms with van der Waals surface area (Å²) < 4.78 is 1.62. The van der Waals surface area contributed by atoms with Crippen LogP contribution in [0.2, 0.25) is 0 Å². The Morgan fingerprint density at radius 1 is 1.03 bits per heavy atom. The lowest BCUT2D eigenvalue weighted by molar-refractivity contribution is -0.115. The van der Waals surface area contributed by atoms with Crippen molar-refractivity contribution in [1.82, 2.24) is 9.55 Å². The van der Waals surface area contributed by atoms with E-state index in [1.807, 2.05) is 74.5 Å². The number of rotatable bonds is 5. The molecule has 1 heterocycles. The number of fused-ring (bicyclic) bond motifs is 2. The predicted molar refractivity (Wildman–Crippen MR) is 120 cm³/mol. The number of amides is 1. The molecule has 1 aromatic heterocycles. The highest BCUT2D eigenvalue weighted by molar-refractivity contribution is 8.00. The molecule has 0 spiro atoms. The maximum atomic E-state index is 12.9. The van der Waals surface area contributed by atoms with Crippen LogP contribution >= 0.6 is 11.8 Å². The molecule has 0 aliphatic carbocycles. The molecule has 1 unspecified atom stereocenters. The third kappa shape index (κ3) is 3.76. The number of hydrogen-bond donors (Lipinski definition) is 1. The molecule has 0 aliphatic rings. The van der Waals surface area contributed by atoms with Crippen LogP contribution in [0.4, 0.5) is 5.69 Å². The van der Waals surface area contributed by atoms with Gasteiger partial charge in [-0.25, -0.2) is 4.98 Å². The molecule has 0 saturated carbocycles. The highest BCUT2D eigenvalue weighted by Gasteiger charge is 2.19. The third-order valence-electron chi connectivity index (χ3n) is 4.84. The second-order valence-corrected chi connectivity index (χ2v) is 8.04. The van der Waals surface area contributed by atoms with E-state index in [0.717, 1.165) is 16.5 Å². The lowest BCUT2D eigenvalue weighted by Gasteiger charge is -2.16. The van der Waals surface area contributed by atoms with E-state index in [-0.39, 0.29) is 11.5 Å². The number of nitrogens with one attached hydrogen (secondary N) is 1. The van der Waals surface area contributed by atoms with Crippen molar-refractivity contribution in [3.63, 3.8) is 0 Å². The Hall–Kier alpha value is -3.12. The zero-order valence-electron chi connectivity index (χ0n) is 16.3. The minimum Gasteiger partial charge on any atom is -0.325 e. The summed E-state index contributed by atoms with van der Waals surface area (Å²) in [6.45, 7) is 4.23. The number of carbonyl (C=O) groups excluding carboxylic acids is 1. The van der Waals surface area contributed by atoms with Crippen molar-refractivity contribution in [2.24, 2.45) is 0 Å². The van der Waals surface area contributed by atoms with Crippen molar-refractivity contribution < 1.29 is 4.79 Å². The SMILES string of the molecule is CCn1c(SC(C)C(=O)Nc2cccc3ccccc23)nc2ccccc2c1=O. The molecular formula is C23H21N3O2S. The van der Waals surface area contributed by atoms with Crippen LogP contribution in [-0.4, -0.2) is 20.7 Å². The van der Waals surface area contributed by atoms with Gasteiger partial charge in [0.1, 0.15) is 0 Å². The molecule has 0 fully saturated rings. The fourth-order valence-electron chi connectivity index (χ4n) is 3.30. The summed E-state index contributed by atoms with van der Waals surface area (Å²) in [5.41, 5.74) is 1.34. The summed E-state index contributed by atoms with van der Waals surface area (Å²) in [7, 11) is 0. The van der Waals surface area contributed by atoms with Crippen LogP contribution in [0.5, 0.6) is 0 Å². The van der Waals surface area contributed by atoms with Crippen molar-refractivity contribution in [3.8, 4) is 0 Å². The molecule has 4 aromatic rings. The Morgan fingerprint density at radius 3 is 2.52 bits per heavy atom. The fraction of sp³-hybridized carbons (Fsp3) is 0.174. The van der Waals surface area contributed by atoms with Gasteiger partial charge < -0.3 is 5.32 Å². The number of para-hydroxylation sites is 1. The number of aromatic nitrogens is 2. The highest BCUT2D eigenvalue weighted by atomic mass is 32.2. The van der Waals surface area contributed by atoms with Gasteiger partial charge in [0.25, 0.3) is 5.56 Å². The van der Waals surface area contributed by atoms with E-state index < -0.39 is 5.25 Å². The van der Waals surface area contributed by atoms with Gasteiger partial charge in [-0.2, -0.15) is 0 Å². The van der Waals surface area contributed by atoms with Gasteiger partial charge in [0.05, 0.1) is 16.2 Å².